The van der Waals surface area contributed by atoms with Crippen molar-refractivity contribution in [3.63, 3.8) is 0 Å². The van der Waals surface area contributed by atoms with Crippen LogP contribution in [-0.2, 0) is 4.74 Å². The Kier molecular flexibility index (Phi) is 3.21. The van der Waals surface area contributed by atoms with Gasteiger partial charge in [0, 0.05) is 22.4 Å². The molecule has 2 nitrogen and oxygen atoms in total. The van der Waals surface area contributed by atoms with Crippen LogP contribution in [0.2, 0.25) is 0 Å². The topological polar surface area (TPSA) is 35.2 Å². The lowest BCUT2D eigenvalue weighted by molar-refractivity contribution is 0.0986. The maximum Gasteiger partial charge on any atom is 0.0594 e. The Bertz CT molecular complexity index is 291. The first-order valence-electron chi connectivity index (χ1n) is 5.19. The maximum atomic E-state index is 6.12. The summed E-state index contributed by atoms with van der Waals surface area (Å²) in [6, 6.07) is 4.44. The average molecular weight is 211 g/mol. The molecule has 14 heavy (non-hydrogen) atoms. The summed E-state index contributed by atoms with van der Waals surface area (Å²) in [6.07, 6.45) is 3.74. The van der Waals surface area contributed by atoms with Crippen LogP contribution in [0.15, 0.2) is 12.1 Å². The minimum Gasteiger partial charge on any atom is -0.378 e. The van der Waals surface area contributed by atoms with Crippen LogP contribution < -0.4 is 5.73 Å². The van der Waals surface area contributed by atoms with Crippen molar-refractivity contribution in [1.29, 1.82) is 0 Å². The molecule has 1 aliphatic rings. The number of hydrogen-bond acceptors (Lipinski definition) is 3. The van der Waals surface area contributed by atoms with E-state index in [1.54, 1.807) is 11.3 Å². The second-order valence-corrected chi connectivity index (χ2v) is 5.25. The lowest BCUT2D eigenvalue weighted by Crippen LogP contribution is -2.17. The Hall–Kier alpha value is -0.380. The fraction of sp³-hybridized carbons (Fsp3) is 0.636. The van der Waals surface area contributed by atoms with Gasteiger partial charge in [-0.05, 0) is 38.3 Å². The summed E-state index contributed by atoms with van der Waals surface area (Å²) < 4.78 is 5.58. The third kappa shape index (κ3) is 2.35. The molecule has 0 spiro atoms. The van der Waals surface area contributed by atoms with E-state index in [-0.39, 0.29) is 6.04 Å². The molecule has 0 aliphatic carbocycles. The first kappa shape index (κ1) is 10.1. The highest BCUT2D eigenvalue weighted by atomic mass is 32.1. The Balaban J connectivity index is 1.91. The van der Waals surface area contributed by atoms with Gasteiger partial charge in [0.05, 0.1) is 6.10 Å². The standard InChI is InChI=1S/C11H17NOS/c1-8-4-5-11(14-8)10(12)7-9-3-2-6-13-9/h4-5,9-10H,2-3,6-7,12H2,1H3. The summed E-state index contributed by atoms with van der Waals surface area (Å²) >= 11 is 1.80. The fourth-order valence-corrected chi connectivity index (χ4v) is 2.77. The molecule has 3 heteroatoms. The fourth-order valence-electron chi connectivity index (χ4n) is 1.88. The van der Waals surface area contributed by atoms with E-state index in [1.165, 1.54) is 22.6 Å². The van der Waals surface area contributed by atoms with Gasteiger partial charge < -0.3 is 10.5 Å². The highest BCUT2D eigenvalue weighted by molar-refractivity contribution is 7.12. The molecule has 1 saturated heterocycles. The zero-order valence-electron chi connectivity index (χ0n) is 8.53. The van der Waals surface area contributed by atoms with Gasteiger partial charge in [0.2, 0.25) is 0 Å². The van der Waals surface area contributed by atoms with Crippen LogP contribution in [-0.4, -0.2) is 12.7 Å². The number of hydrogen-bond donors (Lipinski definition) is 1. The molecule has 1 aliphatic heterocycles. The molecular formula is C11H17NOS. The minimum atomic E-state index is 0.164. The molecule has 0 bridgehead atoms. The van der Waals surface area contributed by atoms with Crippen molar-refractivity contribution < 1.29 is 4.74 Å². The quantitative estimate of drug-likeness (QED) is 0.834. The molecule has 1 aromatic heterocycles. The molecule has 1 fully saturated rings. The Labute approximate surface area is 89.1 Å². The van der Waals surface area contributed by atoms with Crippen molar-refractivity contribution in [3.05, 3.63) is 21.9 Å². The molecule has 0 aromatic carbocycles. The van der Waals surface area contributed by atoms with Crippen LogP contribution in [0.4, 0.5) is 0 Å². The van der Waals surface area contributed by atoms with Crippen molar-refractivity contribution in [2.75, 3.05) is 6.61 Å². The molecule has 0 saturated carbocycles. The van der Waals surface area contributed by atoms with E-state index in [0.717, 1.165) is 13.0 Å². The number of nitrogens with two attached hydrogens (primary N) is 1. The van der Waals surface area contributed by atoms with E-state index < -0.39 is 0 Å². The third-order valence-corrected chi connectivity index (χ3v) is 3.80. The van der Waals surface area contributed by atoms with Gasteiger partial charge in [-0.15, -0.1) is 11.3 Å². The molecule has 0 radical (unpaired) electrons. The molecule has 2 unspecified atom stereocenters. The molecule has 2 rings (SSSR count). The SMILES string of the molecule is Cc1ccc(C(N)CC2CCCO2)s1. The summed E-state index contributed by atoms with van der Waals surface area (Å²) in [5, 5.41) is 0. The van der Waals surface area contributed by atoms with Gasteiger partial charge in [-0.2, -0.15) is 0 Å². The van der Waals surface area contributed by atoms with E-state index in [4.69, 9.17) is 10.5 Å². The first-order valence-corrected chi connectivity index (χ1v) is 6.01. The van der Waals surface area contributed by atoms with Gasteiger partial charge in [-0.1, -0.05) is 0 Å². The van der Waals surface area contributed by atoms with Gasteiger partial charge in [0.25, 0.3) is 0 Å². The largest absolute Gasteiger partial charge is 0.378 e. The number of ether oxygens (including phenoxy) is 1. The molecule has 2 heterocycles. The van der Waals surface area contributed by atoms with Crippen LogP contribution in [0.3, 0.4) is 0 Å². The highest BCUT2D eigenvalue weighted by Gasteiger charge is 2.20. The van der Waals surface area contributed by atoms with Crippen LogP contribution in [0, 0.1) is 6.92 Å². The summed E-state index contributed by atoms with van der Waals surface area (Å²) in [4.78, 5) is 2.63. The molecule has 0 amide bonds. The zero-order chi connectivity index (χ0) is 9.97. The number of aryl methyl sites for hydroxylation is 1. The van der Waals surface area contributed by atoms with Crippen LogP contribution in [0.25, 0.3) is 0 Å². The summed E-state index contributed by atoms with van der Waals surface area (Å²) in [6.45, 7) is 3.04. The number of rotatable bonds is 3. The highest BCUT2D eigenvalue weighted by Crippen LogP contribution is 2.27. The van der Waals surface area contributed by atoms with Crippen molar-refractivity contribution >= 4 is 11.3 Å². The normalized spacial score (nSPS) is 24.0. The van der Waals surface area contributed by atoms with Crippen LogP contribution in [0.5, 0.6) is 0 Å². The second kappa shape index (κ2) is 4.43. The Morgan fingerprint density at radius 1 is 1.64 bits per heavy atom. The smallest absolute Gasteiger partial charge is 0.0594 e. The van der Waals surface area contributed by atoms with E-state index in [1.807, 2.05) is 0 Å². The summed E-state index contributed by atoms with van der Waals surface area (Å²) in [5.74, 6) is 0. The predicted octanol–water partition coefficient (Wildman–Crippen LogP) is 2.63. The van der Waals surface area contributed by atoms with Crippen molar-refractivity contribution in [2.24, 2.45) is 5.73 Å². The lowest BCUT2D eigenvalue weighted by Gasteiger charge is -2.14. The van der Waals surface area contributed by atoms with Crippen molar-refractivity contribution in [1.82, 2.24) is 0 Å². The van der Waals surface area contributed by atoms with E-state index >= 15 is 0 Å². The van der Waals surface area contributed by atoms with Gasteiger partial charge in [-0.3, -0.25) is 0 Å². The molecule has 1 aromatic rings. The lowest BCUT2D eigenvalue weighted by atomic mass is 10.1. The summed E-state index contributed by atoms with van der Waals surface area (Å²) in [7, 11) is 0. The van der Waals surface area contributed by atoms with Gasteiger partial charge in [0.15, 0.2) is 0 Å². The third-order valence-electron chi connectivity index (χ3n) is 2.67. The first-order chi connectivity index (χ1) is 6.75. The Morgan fingerprint density at radius 2 is 2.50 bits per heavy atom. The molecule has 2 N–H and O–H groups in total. The van der Waals surface area contributed by atoms with Gasteiger partial charge in [0.1, 0.15) is 0 Å². The van der Waals surface area contributed by atoms with Crippen LogP contribution in [0.1, 0.15) is 35.1 Å². The number of thiophene rings is 1. The Morgan fingerprint density at radius 3 is 3.07 bits per heavy atom. The molecular weight excluding hydrogens is 194 g/mol. The second-order valence-electron chi connectivity index (χ2n) is 3.93. The maximum absolute atomic E-state index is 6.12. The zero-order valence-corrected chi connectivity index (χ0v) is 9.35. The van der Waals surface area contributed by atoms with Gasteiger partial charge >= 0.3 is 0 Å². The van der Waals surface area contributed by atoms with Crippen LogP contribution >= 0.6 is 11.3 Å². The average Bonchev–Trinajstić information content (AvgIpc) is 2.75. The van der Waals surface area contributed by atoms with E-state index in [2.05, 4.69) is 19.1 Å². The van der Waals surface area contributed by atoms with Crippen molar-refractivity contribution in [3.8, 4) is 0 Å². The minimum absolute atomic E-state index is 0.164. The van der Waals surface area contributed by atoms with Gasteiger partial charge in [-0.25, -0.2) is 0 Å². The summed E-state index contributed by atoms with van der Waals surface area (Å²) in [5.41, 5.74) is 6.12. The predicted molar refractivity (Wildman–Crippen MR) is 59.6 cm³/mol. The molecule has 2 atom stereocenters. The van der Waals surface area contributed by atoms with E-state index in [0.29, 0.717) is 6.10 Å². The van der Waals surface area contributed by atoms with Crippen molar-refractivity contribution in [2.45, 2.75) is 38.3 Å². The molecule has 78 valence electrons. The monoisotopic (exact) mass is 211 g/mol. The van der Waals surface area contributed by atoms with E-state index in [9.17, 15) is 0 Å².